The fraction of sp³-hybridized carbons (Fsp3) is 0.600. The van der Waals surface area contributed by atoms with E-state index in [1.54, 1.807) is 13.3 Å². The van der Waals surface area contributed by atoms with Crippen LogP contribution in [0.2, 0.25) is 0 Å². The van der Waals surface area contributed by atoms with E-state index in [1.165, 1.54) is 0 Å². The molecule has 3 heteroatoms. The fourth-order valence-corrected chi connectivity index (χ4v) is 1.11. The highest BCUT2D eigenvalue weighted by atomic mass is 16.5. The van der Waals surface area contributed by atoms with Crippen LogP contribution in [0.1, 0.15) is 32.2 Å². The van der Waals surface area contributed by atoms with E-state index < -0.39 is 0 Å². The van der Waals surface area contributed by atoms with Crippen molar-refractivity contribution in [2.24, 2.45) is 0 Å². The molecule has 0 spiro atoms. The number of nitrogens with zero attached hydrogens (tertiary/aromatic N) is 2. The Balaban J connectivity index is 3.22. The number of aromatic nitrogens is 2. The molecule has 0 aliphatic rings. The summed E-state index contributed by atoms with van der Waals surface area (Å²) in [7, 11) is 1.62. The van der Waals surface area contributed by atoms with Gasteiger partial charge in [0.2, 0.25) is 5.88 Å². The van der Waals surface area contributed by atoms with Crippen LogP contribution in [0.15, 0.2) is 6.20 Å². The molecule has 0 amide bonds. The Hall–Kier alpha value is -1.12. The third kappa shape index (κ3) is 2.17. The molecule has 0 saturated heterocycles. The average molecular weight is 180 g/mol. The molecule has 0 radical (unpaired) electrons. The summed E-state index contributed by atoms with van der Waals surface area (Å²) in [5, 5.41) is 0. The number of aryl methyl sites for hydroxylation is 1. The highest BCUT2D eigenvalue weighted by Gasteiger charge is 2.21. The second-order valence-electron chi connectivity index (χ2n) is 4.12. The van der Waals surface area contributed by atoms with E-state index in [0.29, 0.717) is 5.88 Å². The molecule has 3 nitrogen and oxygen atoms in total. The van der Waals surface area contributed by atoms with Gasteiger partial charge in [-0.1, -0.05) is 20.8 Å². The third-order valence-corrected chi connectivity index (χ3v) is 1.76. The highest BCUT2D eigenvalue weighted by Crippen LogP contribution is 2.27. The molecule has 0 aromatic carbocycles. The molecule has 13 heavy (non-hydrogen) atoms. The van der Waals surface area contributed by atoms with Crippen LogP contribution in [0, 0.1) is 6.92 Å². The van der Waals surface area contributed by atoms with Crippen molar-refractivity contribution in [3.05, 3.63) is 17.6 Å². The zero-order valence-electron chi connectivity index (χ0n) is 8.88. The van der Waals surface area contributed by atoms with Crippen molar-refractivity contribution in [1.29, 1.82) is 0 Å². The molecule has 0 saturated carbocycles. The first-order chi connectivity index (χ1) is 5.95. The van der Waals surface area contributed by atoms with E-state index in [-0.39, 0.29) is 5.41 Å². The first-order valence-corrected chi connectivity index (χ1v) is 4.33. The lowest BCUT2D eigenvalue weighted by Gasteiger charge is -2.19. The van der Waals surface area contributed by atoms with Crippen LogP contribution < -0.4 is 4.74 Å². The van der Waals surface area contributed by atoms with E-state index in [4.69, 9.17) is 4.74 Å². The summed E-state index contributed by atoms with van der Waals surface area (Å²) in [6, 6.07) is 0. The fourth-order valence-electron chi connectivity index (χ4n) is 1.11. The SMILES string of the molecule is COc1nc(C)cnc1C(C)(C)C. The lowest BCUT2D eigenvalue weighted by atomic mass is 9.92. The van der Waals surface area contributed by atoms with Gasteiger partial charge in [-0.3, -0.25) is 4.98 Å². The van der Waals surface area contributed by atoms with E-state index in [9.17, 15) is 0 Å². The minimum atomic E-state index is -0.0218. The van der Waals surface area contributed by atoms with Crippen LogP contribution in [-0.2, 0) is 5.41 Å². The molecule has 0 N–H and O–H groups in total. The quantitative estimate of drug-likeness (QED) is 0.663. The highest BCUT2D eigenvalue weighted by molar-refractivity contribution is 5.26. The van der Waals surface area contributed by atoms with Crippen molar-refractivity contribution in [3.63, 3.8) is 0 Å². The number of ether oxygens (including phenoxy) is 1. The summed E-state index contributed by atoms with van der Waals surface area (Å²) in [5.41, 5.74) is 1.76. The number of rotatable bonds is 1. The average Bonchev–Trinajstić information content (AvgIpc) is 2.01. The Kier molecular flexibility index (Phi) is 2.55. The van der Waals surface area contributed by atoms with Crippen LogP contribution in [0.25, 0.3) is 0 Å². The summed E-state index contributed by atoms with van der Waals surface area (Å²) >= 11 is 0. The molecule has 1 rings (SSSR count). The zero-order chi connectivity index (χ0) is 10.1. The van der Waals surface area contributed by atoms with Crippen LogP contribution in [0.4, 0.5) is 0 Å². The van der Waals surface area contributed by atoms with E-state index in [2.05, 4.69) is 30.7 Å². The monoisotopic (exact) mass is 180 g/mol. The first kappa shape index (κ1) is 9.96. The zero-order valence-corrected chi connectivity index (χ0v) is 8.88. The maximum Gasteiger partial charge on any atom is 0.236 e. The topological polar surface area (TPSA) is 35.0 Å². The Morgan fingerprint density at radius 3 is 2.38 bits per heavy atom. The van der Waals surface area contributed by atoms with E-state index >= 15 is 0 Å². The van der Waals surface area contributed by atoms with Crippen molar-refractivity contribution >= 4 is 0 Å². The van der Waals surface area contributed by atoms with Gasteiger partial charge in [-0.05, 0) is 6.92 Å². The maximum atomic E-state index is 5.18. The molecule has 1 heterocycles. The summed E-state index contributed by atoms with van der Waals surface area (Å²) < 4.78 is 5.18. The summed E-state index contributed by atoms with van der Waals surface area (Å²) in [5.74, 6) is 0.632. The molecule has 0 aliphatic carbocycles. The molecule has 0 bridgehead atoms. The lowest BCUT2D eigenvalue weighted by molar-refractivity contribution is 0.374. The molecule has 0 atom stereocenters. The second kappa shape index (κ2) is 3.32. The molecule has 72 valence electrons. The second-order valence-corrected chi connectivity index (χ2v) is 4.12. The number of methoxy groups -OCH3 is 1. The Morgan fingerprint density at radius 2 is 1.92 bits per heavy atom. The molecule has 1 aromatic rings. The van der Waals surface area contributed by atoms with Crippen molar-refractivity contribution in [2.45, 2.75) is 33.1 Å². The van der Waals surface area contributed by atoms with Crippen LogP contribution in [0.3, 0.4) is 0 Å². The Bertz CT molecular complexity index is 302. The van der Waals surface area contributed by atoms with Gasteiger partial charge in [0.15, 0.2) is 0 Å². The van der Waals surface area contributed by atoms with Crippen molar-refractivity contribution in [3.8, 4) is 5.88 Å². The van der Waals surface area contributed by atoms with Gasteiger partial charge in [-0.25, -0.2) is 4.98 Å². The van der Waals surface area contributed by atoms with Crippen LogP contribution in [0.5, 0.6) is 5.88 Å². The van der Waals surface area contributed by atoms with Gasteiger partial charge in [0.05, 0.1) is 12.8 Å². The number of hydrogen-bond acceptors (Lipinski definition) is 3. The predicted octanol–water partition coefficient (Wildman–Crippen LogP) is 2.09. The lowest BCUT2D eigenvalue weighted by Crippen LogP contribution is -2.16. The van der Waals surface area contributed by atoms with Gasteiger partial charge < -0.3 is 4.74 Å². The van der Waals surface area contributed by atoms with E-state index in [1.807, 2.05) is 6.92 Å². The molecule has 0 aliphatic heterocycles. The minimum Gasteiger partial charge on any atom is -0.480 e. The van der Waals surface area contributed by atoms with Gasteiger partial charge in [-0.2, -0.15) is 0 Å². The molecular formula is C10H16N2O. The van der Waals surface area contributed by atoms with Gasteiger partial charge in [0.25, 0.3) is 0 Å². The van der Waals surface area contributed by atoms with Crippen molar-refractivity contribution in [1.82, 2.24) is 9.97 Å². The summed E-state index contributed by atoms with van der Waals surface area (Å²) in [6.07, 6.45) is 1.77. The smallest absolute Gasteiger partial charge is 0.236 e. The molecule has 1 aromatic heterocycles. The Labute approximate surface area is 79.2 Å². The molecule has 0 unspecified atom stereocenters. The largest absolute Gasteiger partial charge is 0.480 e. The van der Waals surface area contributed by atoms with Gasteiger partial charge in [0.1, 0.15) is 5.69 Å². The van der Waals surface area contributed by atoms with Crippen LogP contribution >= 0.6 is 0 Å². The van der Waals surface area contributed by atoms with E-state index in [0.717, 1.165) is 11.4 Å². The third-order valence-electron chi connectivity index (χ3n) is 1.76. The molecular weight excluding hydrogens is 164 g/mol. The maximum absolute atomic E-state index is 5.18. The van der Waals surface area contributed by atoms with Crippen molar-refractivity contribution < 1.29 is 4.74 Å². The standard InChI is InChI=1S/C10H16N2O/c1-7-6-11-8(10(2,3)4)9(12-7)13-5/h6H,1-5H3. The van der Waals surface area contributed by atoms with Crippen molar-refractivity contribution in [2.75, 3.05) is 7.11 Å². The minimum absolute atomic E-state index is 0.0218. The predicted molar refractivity (Wildman–Crippen MR) is 52.0 cm³/mol. The van der Waals surface area contributed by atoms with Gasteiger partial charge >= 0.3 is 0 Å². The van der Waals surface area contributed by atoms with Crippen LogP contribution in [-0.4, -0.2) is 17.1 Å². The molecule has 0 fully saturated rings. The Morgan fingerprint density at radius 1 is 1.31 bits per heavy atom. The van der Waals surface area contributed by atoms with Gasteiger partial charge in [-0.15, -0.1) is 0 Å². The summed E-state index contributed by atoms with van der Waals surface area (Å²) in [6.45, 7) is 8.18. The normalized spacial score (nSPS) is 11.5. The first-order valence-electron chi connectivity index (χ1n) is 4.33. The van der Waals surface area contributed by atoms with Gasteiger partial charge in [0, 0.05) is 11.6 Å². The summed E-state index contributed by atoms with van der Waals surface area (Å²) in [4.78, 5) is 8.61. The number of hydrogen-bond donors (Lipinski definition) is 0.